The Balaban J connectivity index is 2.03. The maximum absolute atomic E-state index is 11.8. The predicted molar refractivity (Wildman–Crippen MR) is 51.0 cm³/mol. The monoisotopic (exact) mass is 196 g/mol. The molecule has 0 aliphatic heterocycles. The molecular weight excluding hydrogens is 183 g/mol. The standard InChI is InChI=1S/C11H13FO2/c12-7-8-14-10-3-1-9(2-4-10)11(13)5-6-11/h1-4,13H,5-8H2. The Hall–Kier alpha value is -1.09. The first-order valence-electron chi connectivity index (χ1n) is 4.76. The Bertz CT molecular complexity index is 304. The summed E-state index contributed by atoms with van der Waals surface area (Å²) in [4.78, 5) is 0. The molecule has 2 rings (SSSR count). The van der Waals surface area contributed by atoms with Crippen LogP contribution in [0.2, 0.25) is 0 Å². The van der Waals surface area contributed by atoms with Crippen LogP contribution in [-0.2, 0) is 5.60 Å². The van der Waals surface area contributed by atoms with Crippen molar-refractivity contribution in [3.63, 3.8) is 0 Å². The number of ether oxygens (including phenoxy) is 1. The zero-order chi connectivity index (χ0) is 10.0. The third-order valence-electron chi connectivity index (χ3n) is 2.46. The summed E-state index contributed by atoms with van der Waals surface area (Å²) in [6.07, 6.45) is 1.66. The Morgan fingerprint density at radius 3 is 2.43 bits per heavy atom. The highest BCUT2D eigenvalue weighted by Crippen LogP contribution is 2.45. The third-order valence-corrected chi connectivity index (χ3v) is 2.46. The minimum Gasteiger partial charge on any atom is -0.491 e. The van der Waals surface area contributed by atoms with E-state index in [9.17, 15) is 9.50 Å². The number of aliphatic hydroxyl groups is 1. The summed E-state index contributed by atoms with van der Waals surface area (Å²) in [6, 6.07) is 7.20. The smallest absolute Gasteiger partial charge is 0.123 e. The van der Waals surface area contributed by atoms with Crippen LogP contribution in [-0.4, -0.2) is 18.4 Å². The minimum absolute atomic E-state index is 0.0869. The van der Waals surface area contributed by atoms with Gasteiger partial charge < -0.3 is 9.84 Å². The average Bonchev–Trinajstić information content (AvgIpc) is 2.96. The van der Waals surface area contributed by atoms with Crippen molar-refractivity contribution in [2.75, 3.05) is 13.3 Å². The van der Waals surface area contributed by atoms with Crippen LogP contribution in [0.4, 0.5) is 4.39 Å². The second-order valence-corrected chi connectivity index (χ2v) is 3.59. The molecule has 1 aromatic carbocycles. The molecule has 1 saturated carbocycles. The van der Waals surface area contributed by atoms with Crippen LogP contribution in [0.15, 0.2) is 24.3 Å². The van der Waals surface area contributed by atoms with E-state index < -0.39 is 12.3 Å². The number of benzene rings is 1. The molecule has 0 atom stereocenters. The van der Waals surface area contributed by atoms with E-state index in [2.05, 4.69) is 0 Å². The van der Waals surface area contributed by atoms with Crippen LogP contribution in [0.25, 0.3) is 0 Å². The molecule has 1 fully saturated rings. The SMILES string of the molecule is OC1(c2ccc(OCCF)cc2)CC1. The summed E-state index contributed by atoms with van der Waals surface area (Å²) in [5.41, 5.74) is 0.323. The van der Waals surface area contributed by atoms with Crippen molar-refractivity contribution in [1.29, 1.82) is 0 Å². The van der Waals surface area contributed by atoms with Crippen molar-refractivity contribution in [1.82, 2.24) is 0 Å². The highest BCUT2D eigenvalue weighted by atomic mass is 19.1. The quantitative estimate of drug-likeness (QED) is 0.798. The van der Waals surface area contributed by atoms with Crippen LogP contribution in [0.3, 0.4) is 0 Å². The van der Waals surface area contributed by atoms with Crippen LogP contribution in [0, 0.1) is 0 Å². The van der Waals surface area contributed by atoms with Crippen molar-refractivity contribution < 1.29 is 14.2 Å². The lowest BCUT2D eigenvalue weighted by Crippen LogP contribution is -2.04. The van der Waals surface area contributed by atoms with E-state index in [4.69, 9.17) is 4.74 Å². The molecule has 0 spiro atoms. The molecule has 0 amide bonds. The maximum atomic E-state index is 11.8. The molecule has 14 heavy (non-hydrogen) atoms. The lowest BCUT2D eigenvalue weighted by molar-refractivity contribution is 0.151. The third kappa shape index (κ3) is 1.87. The van der Waals surface area contributed by atoms with Crippen LogP contribution in [0.5, 0.6) is 5.75 Å². The van der Waals surface area contributed by atoms with Gasteiger partial charge in [0.1, 0.15) is 19.0 Å². The zero-order valence-electron chi connectivity index (χ0n) is 7.87. The largest absolute Gasteiger partial charge is 0.491 e. The summed E-state index contributed by atoms with van der Waals surface area (Å²) in [6.45, 7) is -0.394. The van der Waals surface area contributed by atoms with Crippen LogP contribution >= 0.6 is 0 Å². The van der Waals surface area contributed by atoms with Crippen molar-refractivity contribution in [2.45, 2.75) is 18.4 Å². The van der Waals surface area contributed by atoms with Crippen LogP contribution < -0.4 is 4.74 Å². The summed E-state index contributed by atoms with van der Waals surface area (Å²) in [5, 5.41) is 9.77. The van der Waals surface area contributed by atoms with E-state index in [1.54, 1.807) is 12.1 Å². The van der Waals surface area contributed by atoms with Gasteiger partial charge in [-0.1, -0.05) is 12.1 Å². The van der Waals surface area contributed by atoms with Crippen molar-refractivity contribution in [2.24, 2.45) is 0 Å². The number of hydrogen-bond acceptors (Lipinski definition) is 2. The number of rotatable bonds is 4. The molecule has 1 N–H and O–H groups in total. The van der Waals surface area contributed by atoms with Gasteiger partial charge in [0.15, 0.2) is 0 Å². The summed E-state index contributed by atoms with van der Waals surface area (Å²) in [5.74, 6) is 0.649. The van der Waals surface area contributed by atoms with Gasteiger partial charge >= 0.3 is 0 Å². The molecule has 0 unspecified atom stereocenters. The number of hydrogen-bond donors (Lipinski definition) is 1. The Morgan fingerprint density at radius 2 is 1.93 bits per heavy atom. The van der Waals surface area contributed by atoms with Crippen molar-refractivity contribution in [3.8, 4) is 5.75 Å². The Kier molecular flexibility index (Phi) is 2.42. The second-order valence-electron chi connectivity index (χ2n) is 3.59. The topological polar surface area (TPSA) is 29.5 Å². The van der Waals surface area contributed by atoms with E-state index in [1.165, 1.54) is 0 Å². The van der Waals surface area contributed by atoms with E-state index >= 15 is 0 Å². The lowest BCUT2D eigenvalue weighted by Gasteiger charge is -2.09. The molecule has 2 nitrogen and oxygen atoms in total. The molecule has 1 aliphatic carbocycles. The molecule has 0 aromatic heterocycles. The fraction of sp³-hybridized carbons (Fsp3) is 0.455. The van der Waals surface area contributed by atoms with Crippen molar-refractivity contribution in [3.05, 3.63) is 29.8 Å². The van der Waals surface area contributed by atoms with Gasteiger partial charge in [-0.15, -0.1) is 0 Å². The molecule has 0 radical (unpaired) electrons. The fourth-order valence-corrected chi connectivity index (χ4v) is 1.42. The molecular formula is C11H13FO2. The zero-order valence-corrected chi connectivity index (χ0v) is 7.87. The van der Waals surface area contributed by atoms with Gasteiger partial charge in [0.25, 0.3) is 0 Å². The summed E-state index contributed by atoms with van der Waals surface area (Å²) in [7, 11) is 0. The first-order chi connectivity index (χ1) is 6.74. The minimum atomic E-state index is -0.599. The molecule has 76 valence electrons. The predicted octanol–water partition coefficient (Wildman–Crippen LogP) is 2.02. The van der Waals surface area contributed by atoms with Crippen molar-refractivity contribution >= 4 is 0 Å². The highest BCUT2D eigenvalue weighted by Gasteiger charge is 2.41. The maximum Gasteiger partial charge on any atom is 0.123 e. The van der Waals surface area contributed by atoms with Gasteiger partial charge in [0.05, 0.1) is 5.60 Å². The Labute approximate surface area is 82.3 Å². The van der Waals surface area contributed by atoms with Gasteiger partial charge in [-0.2, -0.15) is 0 Å². The molecule has 1 aromatic rings. The van der Waals surface area contributed by atoms with Gasteiger partial charge in [0.2, 0.25) is 0 Å². The first-order valence-corrected chi connectivity index (χ1v) is 4.76. The van der Waals surface area contributed by atoms with Gasteiger partial charge in [-0.3, -0.25) is 0 Å². The second kappa shape index (κ2) is 3.58. The van der Waals surface area contributed by atoms with E-state index in [-0.39, 0.29) is 6.61 Å². The van der Waals surface area contributed by atoms with Gasteiger partial charge in [-0.05, 0) is 30.5 Å². The highest BCUT2D eigenvalue weighted by molar-refractivity contribution is 5.33. The fourth-order valence-electron chi connectivity index (χ4n) is 1.42. The van der Waals surface area contributed by atoms with Gasteiger partial charge in [0, 0.05) is 0 Å². The number of halogens is 1. The molecule has 0 heterocycles. The van der Waals surface area contributed by atoms with E-state index in [0.717, 1.165) is 18.4 Å². The number of alkyl halides is 1. The Morgan fingerprint density at radius 1 is 1.29 bits per heavy atom. The summed E-state index contributed by atoms with van der Waals surface area (Å²) >= 11 is 0. The lowest BCUT2D eigenvalue weighted by atomic mass is 10.1. The molecule has 0 bridgehead atoms. The van der Waals surface area contributed by atoms with Crippen LogP contribution in [0.1, 0.15) is 18.4 Å². The molecule has 3 heteroatoms. The van der Waals surface area contributed by atoms with E-state index in [1.807, 2.05) is 12.1 Å². The van der Waals surface area contributed by atoms with E-state index in [0.29, 0.717) is 5.75 Å². The normalized spacial score (nSPS) is 17.9. The first kappa shape index (κ1) is 9.46. The average molecular weight is 196 g/mol. The molecule has 1 aliphatic rings. The van der Waals surface area contributed by atoms with Gasteiger partial charge in [-0.25, -0.2) is 4.39 Å². The molecule has 0 saturated heterocycles. The summed E-state index contributed by atoms with van der Waals surface area (Å²) < 4.78 is 16.9.